The van der Waals surface area contributed by atoms with E-state index >= 15 is 0 Å². The molecule has 2 unspecified atom stereocenters. The number of carboxylic acids is 1. The van der Waals surface area contributed by atoms with Crippen LogP contribution in [0.25, 0.3) is 11.1 Å². The van der Waals surface area contributed by atoms with Crippen molar-refractivity contribution in [2.45, 2.75) is 31.2 Å². The van der Waals surface area contributed by atoms with Gasteiger partial charge in [0.15, 0.2) is 0 Å². The van der Waals surface area contributed by atoms with Crippen LogP contribution in [0.5, 0.6) is 5.75 Å². The van der Waals surface area contributed by atoms with Gasteiger partial charge in [-0.15, -0.1) is 0 Å². The molecule has 190 valence electrons. The molecule has 0 radical (unpaired) electrons. The molecule has 0 aliphatic rings. The summed E-state index contributed by atoms with van der Waals surface area (Å²) in [5, 5.41) is 15.0. The van der Waals surface area contributed by atoms with Gasteiger partial charge in [0, 0.05) is 12.2 Å². The number of methoxy groups -OCH3 is 1. The van der Waals surface area contributed by atoms with Gasteiger partial charge in [0.25, 0.3) is 0 Å². The normalized spacial score (nSPS) is 12.6. The Hall–Kier alpha value is -3.69. The molecule has 0 bridgehead atoms. The molecular formula is C27H31N3O5S. The number of carbonyl (C=O) groups excluding carboxylic acids is 1. The van der Waals surface area contributed by atoms with Crippen molar-refractivity contribution in [1.29, 1.82) is 0 Å². The molecule has 0 fully saturated rings. The van der Waals surface area contributed by atoms with Crippen molar-refractivity contribution in [1.82, 2.24) is 10.0 Å². The lowest BCUT2D eigenvalue weighted by Gasteiger charge is -2.18. The Morgan fingerprint density at radius 3 is 2.36 bits per heavy atom. The van der Waals surface area contributed by atoms with Gasteiger partial charge < -0.3 is 20.5 Å². The largest absolute Gasteiger partial charge is 0.495 e. The second-order valence-electron chi connectivity index (χ2n) is 8.62. The smallest absolute Gasteiger partial charge is 0.319 e. The highest BCUT2D eigenvalue weighted by Crippen LogP contribution is 2.31. The van der Waals surface area contributed by atoms with Crippen LogP contribution in [0.3, 0.4) is 0 Å². The zero-order valence-electron chi connectivity index (χ0n) is 20.5. The summed E-state index contributed by atoms with van der Waals surface area (Å²) < 4.78 is 21.7. The van der Waals surface area contributed by atoms with E-state index in [9.17, 15) is 18.9 Å². The maximum absolute atomic E-state index is 13.4. The van der Waals surface area contributed by atoms with Crippen molar-refractivity contribution >= 4 is 28.7 Å². The number of urea groups is 1. The molecule has 4 N–H and O–H groups in total. The first-order valence-electron chi connectivity index (χ1n) is 11.5. The molecule has 36 heavy (non-hydrogen) atoms. The molecule has 0 aliphatic carbocycles. The van der Waals surface area contributed by atoms with Crippen molar-refractivity contribution in [3.8, 4) is 16.9 Å². The van der Waals surface area contributed by atoms with Gasteiger partial charge in [0.2, 0.25) is 0 Å². The second-order valence-corrected chi connectivity index (χ2v) is 9.84. The second kappa shape index (κ2) is 12.9. The first-order valence-corrected chi connectivity index (χ1v) is 12.7. The molecule has 9 heteroatoms. The SMILES string of the molecule is COc1ccc(-c2cccc(NC(=O)NCC(C)C)c2)cc1S(=O)NC(CC(=O)O)c1ccccc1. The predicted molar refractivity (Wildman–Crippen MR) is 141 cm³/mol. The van der Waals surface area contributed by atoms with Gasteiger partial charge >= 0.3 is 12.0 Å². The van der Waals surface area contributed by atoms with Crippen LogP contribution in [-0.4, -0.2) is 35.0 Å². The van der Waals surface area contributed by atoms with E-state index in [0.717, 1.165) is 16.7 Å². The molecule has 0 spiro atoms. The molecule has 0 saturated heterocycles. The average Bonchev–Trinajstić information content (AvgIpc) is 2.87. The fourth-order valence-corrected chi connectivity index (χ4v) is 4.70. The number of amides is 2. The zero-order chi connectivity index (χ0) is 26.1. The Balaban J connectivity index is 1.85. The highest BCUT2D eigenvalue weighted by molar-refractivity contribution is 7.83. The Morgan fingerprint density at radius 2 is 1.69 bits per heavy atom. The number of rotatable bonds is 11. The summed E-state index contributed by atoms with van der Waals surface area (Å²) in [7, 11) is -0.278. The lowest BCUT2D eigenvalue weighted by atomic mass is 10.0. The van der Waals surface area contributed by atoms with Gasteiger partial charge in [-0.2, -0.15) is 0 Å². The van der Waals surface area contributed by atoms with Gasteiger partial charge in [-0.05, 0) is 46.9 Å². The quantitative estimate of drug-likeness (QED) is 0.291. The highest BCUT2D eigenvalue weighted by atomic mass is 32.2. The van der Waals surface area contributed by atoms with E-state index < -0.39 is 23.0 Å². The molecule has 0 aromatic heterocycles. The van der Waals surface area contributed by atoms with E-state index in [4.69, 9.17) is 4.74 Å². The fourth-order valence-electron chi connectivity index (χ4n) is 3.53. The van der Waals surface area contributed by atoms with Gasteiger partial charge in [-0.3, -0.25) is 4.79 Å². The van der Waals surface area contributed by atoms with E-state index in [-0.39, 0.29) is 12.5 Å². The molecular weight excluding hydrogens is 478 g/mol. The first kappa shape index (κ1) is 26.9. The first-order chi connectivity index (χ1) is 17.3. The van der Waals surface area contributed by atoms with Crippen LogP contribution in [0, 0.1) is 5.92 Å². The summed E-state index contributed by atoms with van der Waals surface area (Å²) in [4.78, 5) is 24.0. The third kappa shape index (κ3) is 7.66. The fraction of sp³-hybridized carbons (Fsp3) is 0.259. The Labute approximate surface area is 213 Å². The van der Waals surface area contributed by atoms with Crippen LogP contribution < -0.4 is 20.1 Å². The number of nitrogens with one attached hydrogen (secondary N) is 3. The van der Waals surface area contributed by atoms with E-state index in [1.54, 1.807) is 42.5 Å². The number of carbonyl (C=O) groups is 2. The Morgan fingerprint density at radius 1 is 0.972 bits per heavy atom. The van der Waals surface area contributed by atoms with Crippen LogP contribution in [0.2, 0.25) is 0 Å². The van der Waals surface area contributed by atoms with Crippen LogP contribution >= 0.6 is 0 Å². The summed E-state index contributed by atoms with van der Waals surface area (Å²) in [5.41, 5.74) is 2.92. The third-order valence-electron chi connectivity index (χ3n) is 5.32. The van der Waals surface area contributed by atoms with Gasteiger partial charge in [-0.1, -0.05) is 62.4 Å². The number of ether oxygens (including phenoxy) is 1. The molecule has 0 saturated carbocycles. The number of anilines is 1. The van der Waals surface area contributed by atoms with Gasteiger partial charge in [-0.25, -0.2) is 13.7 Å². The van der Waals surface area contributed by atoms with E-state index in [2.05, 4.69) is 15.4 Å². The molecule has 3 aromatic rings. The number of hydrogen-bond donors (Lipinski definition) is 4. The molecule has 0 aliphatic heterocycles. The van der Waals surface area contributed by atoms with Crippen LogP contribution in [0.15, 0.2) is 77.7 Å². The number of carboxylic acid groups (broad SMARTS) is 1. The molecule has 3 aromatic carbocycles. The highest BCUT2D eigenvalue weighted by Gasteiger charge is 2.21. The predicted octanol–water partition coefficient (Wildman–Crippen LogP) is 4.97. The maximum atomic E-state index is 13.4. The molecule has 2 amide bonds. The molecule has 3 rings (SSSR count). The maximum Gasteiger partial charge on any atom is 0.319 e. The summed E-state index contributed by atoms with van der Waals surface area (Å²) >= 11 is 0. The number of hydrogen-bond acceptors (Lipinski definition) is 4. The van der Waals surface area contributed by atoms with Crippen molar-refractivity contribution < 1.29 is 23.6 Å². The monoisotopic (exact) mass is 509 g/mol. The average molecular weight is 510 g/mol. The van der Waals surface area contributed by atoms with Gasteiger partial charge in [0.1, 0.15) is 16.7 Å². The summed E-state index contributed by atoms with van der Waals surface area (Å²) in [6.07, 6.45) is -0.232. The van der Waals surface area contributed by atoms with Crippen molar-refractivity contribution in [3.05, 3.63) is 78.4 Å². The minimum Gasteiger partial charge on any atom is -0.495 e. The Kier molecular flexibility index (Phi) is 9.61. The topological polar surface area (TPSA) is 117 Å². The number of benzene rings is 3. The van der Waals surface area contributed by atoms with Crippen molar-refractivity contribution in [2.24, 2.45) is 5.92 Å². The summed E-state index contributed by atoms with van der Waals surface area (Å²) in [6.45, 7) is 4.60. The lowest BCUT2D eigenvalue weighted by molar-refractivity contribution is -0.137. The molecule has 8 nitrogen and oxygen atoms in total. The standard InChI is InChI=1S/C27H31N3O5S/c1-18(2)17-28-27(33)29-22-11-7-10-20(14-22)21-12-13-24(35-3)25(15-21)36(34)30-23(16-26(31)32)19-8-5-4-6-9-19/h4-15,18,23,30H,16-17H2,1-3H3,(H,31,32)(H2,28,29,33). The van der Waals surface area contributed by atoms with E-state index in [0.29, 0.717) is 28.8 Å². The van der Waals surface area contributed by atoms with Crippen molar-refractivity contribution in [3.63, 3.8) is 0 Å². The molecule has 2 atom stereocenters. The van der Waals surface area contributed by atoms with Crippen LogP contribution in [0.4, 0.5) is 10.5 Å². The van der Waals surface area contributed by atoms with Crippen LogP contribution in [-0.2, 0) is 15.8 Å². The van der Waals surface area contributed by atoms with Gasteiger partial charge in [0.05, 0.1) is 24.5 Å². The molecule has 0 heterocycles. The Bertz CT molecular complexity index is 1220. The van der Waals surface area contributed by atoms with E-state index in [1.807, 2.05) is 44.2 Å². The third-order valence-corrected chi connectivity index (χ3v) is 6.54. The number of aliphatic carboxylic acids is 1. The zero-order valence-corrected chi connectivity index (χ0v) is 21.3. The van der Waals surface area contributed by atoms with E-state index in [1.165, 1.54) is 7.11 Å². The minimum absolute atomic E-state index is 0.232. The van der Waals surface area contributed by atoms with Crippen LogP contribution in [0.1, 0.15) is 31.9 Å². The lowest BCUT2D eigenvalue weighted by Crippen LogP contribution is -2.31. The summed E-state index contributed by atoms with van der Waals surface area (Å²) in [6, 6.07) is 20.7. The van der Waals surface area contributed by atoms with Crippen molar-refractivity contribution in [2.75, 3.05) is 19.0 Å². The summed E-state index contributed by atoms with van der Waals surface area (Å²) in [5.74, 6) is -0.254. The minimum atomic E-state index is -1.77.